The lowest BCUT2D eigenvalue weighted by molar-refractivity contribution is -0.143. The van der Waals surface area contributed by atoms with Gasteiger partial charge in [0, 0.05) is 24.2 Å². The summed E-state index contributed by atoms with van der Waals surface area (Å²) in [5.41, 5.74) is -1.96. The normalized spacial score (nSPS) is 12.1. The van der Waals surface area contributed by atoms with Crippen LogP contribution in [-0.2, 0) is 20.9 Å². The highest BCUT2D eigenvalue weighted by Crippen LogP contribution is 2.41. The summed E-state index contributed by atoms with van der Waals surface area (Å²) in [5, 5.41) is 0.0884. The van der Waals surface area contributed by atoms with E-state index in [9.17, 15) is 19.2 Å². The smallest absolute Gasteiger partial charge is 0.316 e. The number of methoxy groups -OCH3 is 2. The van der Waals surface area contributed by atoms with E-state index in [0.717, 1.165) is 25.7 Å². The maximum Gasteiger partial charge on any atom is 0.316 e. The number of pyridine rings is 1. The number of aromatic nitrogens is 1. The largest absolute Gasteiger partial charge is 0.497 e. The monoisotopic (exact) mass is 777 g/mol. The van der Waals surface area contributed by atoms with Gasteiger partial charge in [0.05, 0.1) is 47.1 Å². The van der Waals surface area contributed by atoms with Crippen molar-refractivity contribution in [3.05, 3.63) is 40.6 Å². The fourth-order valence-electron chi connectivity index (χ4n) is 6.06. The molecule has 0 aliphatic heterocycles. The van der Waals surface area contributed by atoms with Crippen LogP contribution in [0.5, 0.6) is 28.7 Å². The van der Waals surface area contributed by atoms with Crippen molar-refractivity contribution in [3.8, 4) is 40.0 Å². The van der Waals surface area contributed by atoms with Gasteiger partial charge in [-0.3, -0.25) is 19.2 Å². The zero-order valence-electron chi connectivity index (χ0n) is 36.2. The molecule has 1 heterocycles. The lowest BCUT2D eigenvalue weighted by atomic mass is 9.97. The summed E-state index contributed by atoms with van der Waals surface area (Å²) in [6.45, 7) is 18.3. The van der Waals surface area contributed by atoms with Crippen molar-refractivity contribution in [1.82, 2.24) is 4.57 Å². The van der Waals surface area contributed by atoms with Gasteiger partial charge in [0.2, 0.25) is 11.2 Å². The van der Waals surface area contributed by atoms with Gasteiger partial charge in [0.1, 0.15) is 11.5 Å². The maximum atomic E-state index is 14.8. The van der Waals surface area contributed by atoms with Crippen LogP contribution in [0, 0.1) is 16.2 Å². The Bertz CT molecular complexity index is 1870. The first-order valence-corrected chi connectivity index (χ1v) is 20.4. The average Bonchev–Trinajstić information content (AvgIpc) is 3.12. The number of rotatable bonds is 19. The molecule has 0 spiro atoms. The number of carbonyl (C=O) groups excluding carboxylic acids is 3. The Labute approximate surface area is 334 Å². The SMILES string of the molecule is CCCCCCCCCCCCCCn1c(-c2ccc(OC(=O)C(C)(C)C)c(OC)c2)c(OC(=O)C(C)(C)C)c(=O)c2c(OC(=O)C(C)(C)C)cc(OC)cc21. The molecule has 0 aliphatic carbocycles. The van der Waals surface area contributed by atoms with Crippen molar-refractivity contribution in [2.75, 3.05) is 14.2 Å². The van der Waals surface area contributed by atoms with Crippen LogP contribution >= 0.6 is 0 Å². The van der Waals surface area contributed by atoms with Crippen molar-refractivity contribution in [3.63, 3.8) is 0 Å². The number of carbonyl (C=O) groups is 3. The van der Waals surface area contributed by atoms with Crippen molar-refractivity contribution in [2.24, 2.45) is 16.2 Å². The van der Waals surface area contributed by atoms with Gasteiger partial charge in [-0.25, -0.2) is 0 Å². The van der Waals surface area contributed by atoms with Gasteiger partial charge < -0.3 is 28.3 Å². The second kappa shape index (κ2) is 20.2. The number of nitrogens with zero attached hydrogens (tertiary/aromatic N) is 1. The van der Waals surface area contributed by atoms with Crippen LogP contribution in [0.25, 0.3) is 22.2 Å². The first-order valence-electron chi connectivity index (χ1n) is 20.4. The molecule has 2 aromatic carbocycles. The maximum absolute atomic E-state index is 14.8. The van der Waals surface area contributed by atoms with Crippen LogP contribution < -0.4 is 29.1 Å². The summed E-state index contributed by atoms with van der Waals surface area (Å²) in [6, 6.07) is 8.24. The van der Waals surface area contributed by atoms with E-state index in [4.69, 9.17) is 23.7 Å². The summed E-state index contributed by atoms with van der Waals surface area (Å²) in [4.78, 5) is 54.6. The summed E-state index contributed by atoms with van der Waals surface area (Å²) < 4.78 is 31.1. The molecule has 1 aromatic heterocycles. The molecule has 0 saturated heterocycles. The minimum absolute atomic E-state index is 0.00866. The van der Waals surface area contributed by atoms with Gasteiger partial charge in [0.25, 0.3) is 0 Å². The second-order valence-corrected chi connectivity index (χ2v) is 17.9. The highest BCUT2D eigenvalue weighted by atomic mass is 16.6. The minimum Gasteiger partial charge on any atom is -0.497 e. The highest BCUT2D eigenvalue weighted by molar-refractivity contribution is 5.95. The Kier molecular flexibility index (Phi) is 16.6. The third kappa shape index (κ3) is 12.6. The van der Waals surface area contributed by atoms with Crippen LogP contribution in [0.1, 0.15) is 146 Å². The molecule has 56 heavy (non-hydrogen) atoms. The van der Waals surface area contributed by atoms with E-state index < -0.39 is 39.6 Å². The number of esters is 3. The van der Waals surface area contributed by atoms with Crippen molar-refractivity contribution >= 4 is 28.8 Å². The summed E-state index contributed by atoms with van der Waals surface area (Å²) in [6.07, 6.45) is 14.1. The van der Waals surface area contributed by atoms with E-state index in [1.165, 1.54) is 71.7 Å². The van der Waals surface area contributed by atoms with Crippen molar-refractivity contribution in [1.29, 1.82) is 0 Å². The van der Waals surface area contributed by atoms with Crippen LogP contribution in [0.2, 0.25) is 0 Å². The summed E-state index contributed by atoms with van der Waals surface area (Å²) in [5.74, 6) is -0.962. The number of hydrogen-bond acceptors (Lipinski definition) is 9. The summed E-state index contributed by atoms with van der Waals surface area (Å²) in [7, 11) is 2.97. The molecule has 0 fully saturated rings. The molecular weight excluding hydrogens is 711 g/mol. The molecular formula is C46H67NO9. The van der Waals surface area contributed by atoms with E-state index in [-0.39, 0.29) is 28.4 Å². The molecule has 10 nitrogen and oxygen atoms in total. The molecule has 0 radical (unpaired) electrons. The third-order valence-corrected chi connectivity index (χ3v) is 9.61. The van der Waals surface area contributed by atoms with Crippen molar-refractivity contribution < 1.29 is 38.1 Å². The molecule has 10 heteroatoms. The first-order chi connectivity index (χ1) is 26.2. The van der Waals surface area contributed by atoms with Gasteiger partial charge in [0.15, 0.2) is 11.5 Å². The van der Waals surface area contributed by atoms with E-state index >= 15 is 0 Å². The number of unbranched alkanes of at least 4 members (excludes halogenated alkanes) is 11. The Balaban J connectivity index is 2.23. The van der Waals surface area contributed by atoms with Gasteiger partial charge >= 0.3 is 17.9 Å². The van der Waals surface area contributed by atoms with Gasteiger partial charge in [-0.05, 0) is 86.9 Å². The molecule has 0 aliphatic rings. The van der Waals surface area contributed by atoms with E-state index in [0.29, 0.717) is 29.1 Å². The summed E-state index contributed by atoms with van der Waals surface area (Å²) >= 11 is 0. The fourth-order valence-corrected chi connectivity index (χ4v) is 6.06. The van der Waals surface area contributed by atoms with Crippen LogP contribution in [0.4, 0.5) is 0 Å². The zero-order valence-corrected chi connectivity index (χ0v) is 36.2. The number of aryl methyl sites for hydroxylation is 1. The van der Waals surface area contributed by atoms with E-state index in [2.05, 4.69) is 6.92 Å². The first kappa shape index (κ1) is 46.0. The Morgan fingerprint density at radius 1 is 0.571 bits per heavy atom. The zero-order chi connectivity index (χ0) is 41.8. The Morgan fingerprint density at radius 2 is 1.05 bits per heavy atom. The van der Waals surface area contributed by atoms with Crippen LogP contribution in [0.3, 0.4) is 0 Å². The molecule has 3 aromatic rings. The standard InChI is InChI=1S/C46H67NO9/c1-13-14-15-16-17-18-19-20-21-22-23-24-27-47-33-29-32(52-11)30-36(55-42(50)45(5,6)7)37(33)39(48)40(56-43(51)46(8,9)10)38(47)31-25-26-34(35(28-31)53-12)54-41(49)44(2,3)4/h25-26,28-30H,13-24,27H2,1-12H3. The molecule has 0 N–H and O–H groups in total. The van der Waals surface area contributed by atoms with Gasteiger partial charge in [-0.2, -0.15) is 0 Å². The molecule has 0 unspecified atom stereocenters. The second-order valence-electron chi connectivity index (χ2n) is 17.9. The third-order valence-electron chi connectivity index (χ3n) is 9.61. The molecule has 0 bridgehead atoms. The predicted molar refractivity (Wildman–Crippen MR) is 223 cm³/mol. The van der Waals surface area contributed by atoms with Crippen LogP contribution in [-0.4, -0.2) is 36.7 Å². The quantitative estimate of drug-likeness (QED) is 0.0665. The topological polar surface area (TPSA) is 119 Å². The molecule has 0 saturated carbocycles. The highest BCUT2D eigenvalue weighted by Gasteiger charge is 2.32. The predicted octanol–water partition coefficient (Wildman–Crippen LogP) is 11.2. The molecule has 3 rings (SSSR count). The number of benzene rings is 2. The lowest BCUT2D eigenvalue weighted by Gasteiger charge is -2.25. The average molecular weight is 778 g/mol. The Morgan fingerprint density at radius 3 is 1.54 bits per heavy atom. The Hall–Kier alpha value is -4.34. The number of fused-ring (bicyclic) bond motifs is 1. The minimum atomic E-state index is -0.955. The lowest BCUT2D eigenvalue weighted by Crippen LogP contribution is -2.30. The number of hydrogen-bond donors (Lipinski definition) is 0. The molecule has 310 valence electrons. The van der Waals surface area contributed by atoms with Crippen molar-refractivity contribution in [2.45, 2.75) is 153 Å². The van der Waals surface area contributed by atoms with E-state index in [1.807, 2.05) is 4.57 Å². The molecule has 0 atom stereocenters. The van der Waals surface area contributed by atoms with E-state index in [1.54, 1.807) is 86.6 Å². The van der Waals surface area contributed by atoms with Gasteiger partial charge in [-0.15, -0.1) is 0 Å². The number of ether oxygens (including phenoxy) is 5. The van der Waals surface area contributed by atoms with Crippen LogP contribution in [0.15, 0.2) is 35.1 Å². The van der Waals surface area contributed by atoms with Gasteiger partial charge in [-0.1, -0.05) is 77.6 Å². The fraction of sp³-hybridized carbons (Fsp3) is 0.609. The molecule has 0 amide bonds.